The minimum atomic E-state index is -0.684. The van der Waals surface area contributed by atoms with Crippen molar-refractivity contribution in [1.29, 1.82) is 0 Å². The minimum Gasteiger partial charge on any atom is -0.368 e. The van der Waals surface area contributed by atoms with E-state index in [1.165, 1.54) is 0 Å². The van der Waals surface area contributed by atoms with Crippen molar-refractivity contribution in [1.82, 2.24) is 0 Å². The van der Waals surface area contributed by atoms with Crippen LogP contribution in [0.3, 0.4) is 0 Å². The molecule has 0 radical (unpaired) electrons. The molecule has 0 aliphatic carbocycles. The van der Waals surface area contributed by atoms with Crippen molar-refractivity contribution in [3.05, 3.63) is 34.9 Å². The molecule has 0 fully saturated rings. The summed E-state index contributed by atoms with van der Waals surface area (Å²) in [6, 6.07) is 7.64. The normalized spacial score (nSPS) is 12.8. The van der Waals surface area contributed by atoms with E-state index in [0.29, 0.717) is 13.0 Å². The molecule has 0 saturated heterocycles. The minimum absolute atomic E-state index is 0.531. The highest BCUT2D eigenvalue weighted by Gasteiger charge is 2.05. The Bertz CT molecular complexity index is 276. The lowest BCUT2D eigenvalue weighted by molar-refractivity contribution is -0.0979. The van der Waals surface area contributed by atoms with Gasteiger partial charge in [0.2, 0.25) is 0 Å². The number of halogens is 1. The zero-order chi connectivity index (χ0) is 10.4. The smallest absolute Gasteiger partial charge is 0.154 e. The Labute approximate surface area is 89.5 Å². The molecular formula is C11H15ClO2. The molecule has 0 saturated carbocycles. The number of aryl methyl sites for hydroxylation is 1. The molecule has 0 heterocycles. The van der Waals surface area contributed by atoms with Crippen molar-refractivity contribution in [2.75, 3.05) is 6.61 Å². The standard InChI is InChI=1S/C11H15ClO2/c1-2-14-11(13)8-7-9-5-3-4-6-10(9)12/h3-6,11,13H,2,7-8H2,1H3. The van der Waals surface area contributed by atoms with Crippen molar-refractivity contribution in [2.24, 2.45) is 0 Å². The predicted octanol–water partition coefficient (Wildman–Crippen LogP) is 2.63. The van der Waals surface area contributed by atoms with Gasteiger partial charge in [0, 0.05) is 18.1 Å². The fourth-order valence-electron chi connectivity index (χ4n) is 1.26. The SMILES string of the molecule is CCOC(O)CCc1ccccc1Cl. The topological polar surface area (TPSA) is 29.5 Å². The van der Waals surface area contributed by atoms with Gasteiger partial charge in [0.25, 0.3) is 0 Å². The summed E-state index contributed by atoms with van der Waals surface area (Å²) >= 11 is 5.96. The zero-order valence-corrected chi connectivity index (χ0v) is 9.00. The largest absolute Gasteiger partial charge is 0.368 e. The summed E-state index contributed by atoms with van der Waals surface area (Å²) in [4.78, 5) is 0. The Balaban J connectivity index is 2.41. The third kappa shape index (κ3) is 3.66. The first-order valence-corrected chi connectivity index (χ1v) is 5.15. The van der Waals surface area contributed by atoms with Crippen LogP contribution in [0.1, 0.15) is 18.9 Å². The number of aliphatic hydroxyl groups excluding tert-OH is 1. The van der Waals surface area contributed by atoms with Crippen molar-refractivity contribution in [2.45, 2.75) is 26.1 Å². The van der Waals surface area contributed by atoms with Gasteiger partial charge in [0.05, 0.1) is 0 Å². The molecule has 14 heavy (non-hydrogen) atoms. The Morgan fingerprint density at radius 2 is 2.14 bits per heavy atom. The average Bonchev–Trinajstić information content (AvgIpc) is 2.17. The first-order chi connectivity index (χ1) is 6.74. The molecule has 1 unspecified atom stereocenters. The fraction of sp³-hybridized carbons (Fsp3) is 0.455. The average molecular weight is 215 g/mol. The van der Waals surface area contributed by atoms with Gasteiger partial charge < -0.3 is 9.84 Å². The van der Waals surface area contributed by atoms with Gasteiger partial charge in [-0.3, -0.25) is 0 Å². The number of aliphatic hydroxyl groups is 1. The molecule has 0 spiro atoms. The monoisotopic (exact) mass is 214 g/mol. The lowest BCUT2D eigenvalue weighted by Crippen LogP contribution is -2.12. The van der Waals surface area contributed by atoms with E-state index in [9.17, 15) is 5.11 Å². The molecule has 78 valence electrons. The zero-order valence-electron chi connectivity index (χ0n) is 8.24. The molecule has 0 aliphatic heterocycles. The van der Waals surface area contributed by atoms with Crippen LogP contribution in [0.25, 0.3) is 0 Å². The maximum absolute atomic E-state index is 9.34. The molecule has 0 aromatic heterocycles. The molecule has 1 aromatic carbocycles. The molecule has 1 aromatic rings. The van der Waals surface area contributed by atoms with E-state index in [-0.39, 0.29) is 0 Å². The second-order valence-corrected chi connectivity index (χ2v) is 3.45. The molecule has 0 amide bonds. The van der Waals surface area contributed by atoms with Crippen molar-refractivity contribution in [3.63, 3.8) is 0 Å². The maximum atomic E-state index is 9.34. The summed E-state index contributed by atoms with van der Waals surface area (Å²) in [7, 11) is 0. The second-order valence-electron chi connectivity index (χ2n) is 3.04. The fourth-order valence-corrected chi connectivity index (χ4v) is 1.49. The van der Waals surface area contributed by atoms with Gasteiger partial charge in [-0.1, -0.05) is 29.8 Å². The summed E-state index contributed by atoms with van der Waals surface area (Å²) in [5.74, 6) is 0. The number of hydrogen-bond donors (Lipinski definition) is 1. The second kappa shape index (κ2) is 6.02. The predicted molar refractivity (Wildman–Crippen MR) is 57.4 cm³/mol. The van der Waals surface area contributed by atoms with Crippen LogP contribution in [-0.2, 0) is 11.2 Å². The molecular weight excluding hydrogens is 200 g/mol. The van der Waals surface area contributed by atoms with Crippen molar-refractivity contribution >= 4 is 11.6 Å². The lowest BCUT2D eigenvalue weighted by Gasteiger charge is -2.10. The van der Waals surface area contributed by atoms with Crippen LogP contribution in [0.2, 0.25) is 5.02 Å². The summed E-state index contributed by atoms with van der Waals surface area (Å²) < 4.78 is 5.02. The number of rotatable bonds is 5. The van der Waals surface area contributed by atoms with E-state index in [4.69, 9.17) is 16.3 Å². The third-order valence-corrected chi connectivity index (χ3v) is 2.35. The molecule has 0 bridgehead atoms. The van der Waals surface area contributed by atoms with E-state index in [1.807, 2.05) is 31.2 Å². The van der Waals surface area contributed by atoms with Crippen LogP contribution in [0.4, 0.5) is 0 Å². The van der Waals surface area contributed by atoms with E-state index < -0.39 is 6.29 Å². The maximum Gasteiger partial charge on any atom is 0.154 e. The summed E-state index contributed by atoms with van der Waals surface area (Å²) in [6.45, 7) is 2.39. The van der Waals surface area contributed by atoms with Crippen molar-refractivity contribution in [3.8, 4) is 0 Å². The molecule has 2 nitrogen and oxygen atoms in total. The Hall–Kier alpha value is -0.570. The molecule has 1 N–H and O–H groups in total. The first kappa shape index (κ1) is 11.5. The van der Waals surface area contributed by atoms with Crippen LogP contribution in [-0.4, -0.2) is 18.0 Å². The molecule has 1 atom stereocenters. The van der Waals surface area contributed by atoms with Crippen LogP contribution < -0.4 is 0 Å². The van der Waals surface area contributed by atoms with Gasteiger partial charge in [-0.15, -0.1) is 0 Å². The van der Waals surface area contributed by atoms with Crippen LogP contribution >= 0.6 is 11.6 Å². The highest BCUT2D eigenvalue weighted by Crippen LogP contribution is 2.17. The highest BCUT2D eigenvalue weighted by atomic mass is 35.5. The Morgan fingerprint density at radius 3 is 2.79 bits per heavy atom. The number of ether oxygens (including phenoxy) is 1. The van der Waals surface area contributed by atoms with Crippen LogP contribution in [0.15, 0.2) is 24.3 Å². The van der Waals surface area contributed by atoms with E-state index >= 15 is 0 Å². The van der Waals surface area contributed by atoms with Gasteiger partial charge in [-0.2, -0.15) is 0 Å². The summed E-state index contributed by atoms with van der Waals surface area (Å²) in [5.41, 5.74) is 1.05. The number of hydrogen-bond acceptors (Lipinski definition) is 2. The van der Waals surface area contributed by atoms with Gasteiger partial charge in [0.15, 0.2) is 6.29 Å². The molecule has 1 rings (SSSR count). The third-order valence-electron chi connectivity index (χ3n) is 1.98. The van der Waals surface area contributed by atoms with Gasteiger partial charge in [-0.05, 0) is 25.0 Å². The highest BCUT2D eigenvalue weighted by molar-refractivity contribution is 6.31. The van der Waals surface area contributed by atoms with E-state index in [2.05, 4.69) is 0 Å². The Morgan fingerprint density at radius 1 is 1.43 bits per heavy atom. The summed E-state index contributed by atoms with van der Waals surface area (Å²) in [5, 5.41) is 10.1. The van der Waals surface area contributed by atoms with Crippen molar-refractivity contribution < 1.29 is 9.84 Å². The van der Waals surface area contributed by atoms with Crippen LogP contribution in [0, 0.1) is 0 Å². The first-order valence-electron chi connectivity index (χ1n) is 4.77. The Kier molecular flexibility index (Phi) is 4.94. The van der Waals surface area contributed by atoms with E-state index in [0.717, 1.165) is 17.0 Å². The molecule has 0 aliphatic rings. The van der Waals surface area contributed by atoms with Gasteiger partial charge in [0.1, 0.15) is 0 Å². The summed E-state index contributed by atoms with van der Waals surface area (Å²) in [6.07, 6.45) is 0.634. The van der Waals surface area contributed by atoms with Gasteiger partial charge in [-0.25, -0.2) is 0 Å². The molecule has 3 heteroatoms. The van der Waals surface area contributed by atoms with Gasteiger partial charge >= 0.3 is 0 Å². The van der Waals surface area contributed by atoms with Crippen LogP contribution in [0.5, 0.6) is 0 Å². The quantitative estimate of drug-likeness (QED) is 0.764. The van der Waals surface area contributed by atoms with E-state index in [1.54, 1.807) is 0 Å². The number of benzene rings is 1. The lowest BCUT2D eigenvalue weighted by atomic mass is 10.1.